The third-order valence-corrected chi connectivity index (χ3v) is 4.52. The molecule has 0 bridgehead atoms. The van der Waals surface area contributed by atoms with Crippen LogP contribution in [0.2, 0.25) is 0 Å². The molecule has 0 fully saturated rings. The minimum Gasteiger partial charge on any atom is -0.496 e. The molecule has 0 saturated carbocycles. The van der Waals surface area contributed by atoms with Crippen LogP contribution >= 0.6 is 0 Å². The quantitative estimate of drug-likeness (QED) is 0.504. The number of hydrogen-bond acceptors (Lipinski definition) is 5. The molecule has 0 spiro atoms. The van der Waals surface area contributed by atoms with Crippen molar-refractivity contribution in [2.24, 2.45) is 0 Å². The number of methoxy groups -OCH3 is 1. The number of aromatic carboxylic acids is 1. The Kier molecular flexibility index (Phi) is 4.68. The first-order chi connectivity index (χ1) is 13.7. The summed E-state index contributed by atoms with van der Waals surface area (Å²) in [5, 5.41) is 14.4. The summed E-state index contributed by atoms with van der Waals surface area (Å²) in [6, 6.07) is 16.3. The fourth-order valence-electron chi connectivity index (χ4n) is 3.20. The number of carboxylic acid groups (broad SMARTS) is 1. The van der Waals surface area contributed by atoms with E-state index in [1.807, 2.05) is 36.4 Å². The summed E-state index contributed by atoms with van der Waals surface area (Å²) < 4.78 is 11.0. The maximum absolute atomic E-state index is 11.4. The lowest BCUT2D eigenvalue weighted by atomic mass is 9.98. The summed E-state index contributed by atoms with van der Waals surface area (Å²) in [5.74, 6) is 1.22. The predicted molar refractivity (Wildman–Crippen MR) is 107 cm³/mol. The van der Waals surface area contributed by atoms with E-state index in [0.29, 0.717) is 18.1 Å². The van der Waals surface area contributed by atoms with E-state index in [9.17, 15) is 9.90 Å². The highest BCUT2D eigenvalue weighted by Gasteiger charge is 2.15. The number of benzene rings is 2. The van der Waals surface area contributed by atoms with Gasteiger partial charge in [-0.25, -0.2) is 9.78 Å². The Hall–Kier alpha value is -3.80. The third-order valence-electron chi connectivity index (χ3n) is 4.52. The summed E-state index contributed by atoms with van der Waals surface area (Å²) in [6.45, 7) is 0.500. The first kappa shape index (κ1) is 17.6. The van der Waals surface area contributed by atoms with E-state index in [4.69, 9.17) is 9.15 Å². The number of nitrogens with zero attached hydrogens (tertiary/aromatic N) is 1. The third kappa shape index (κ3) is 3.27. The van der Waals surface area contributed by atoms with Crippen molar-refractivity contribution in [3.63, 3.8) is 0 Å². The number of aromatic nitrogens is 1. The summed E-state index contributed by atoms with van der Waals surface area (Å²) in [5.41, 5.74) is 1.79. The van der Waals surface area contributed by atoms with Gasteiger partial charge in [0.2, 0.25) is 0 Å². The number of furan rings is 1. The van der Waals surface area contributed by atoms with Gasteiger partial charge in [-0.1, -0.05) is 24.3 Å². The molecular weight excluding hydrogens is 356 g/mol. The van der Waals surface area contributed by atoms with Crippen molar-refractivity contribution < 1.29 is 19.1 Å². The molecule has 0 amide bonds. The van der Waals surface area contributed by atoms with Gasteiger partial charge >= 0.3 is 5.97 Å². The molecule has 6 nitrogen and oxygen atoms in total. The summed E-state index contributed by atoms with van der Waals surface area (Å²) in [6.07, 6.45) is 3.36. The molecule has 0 atom stereocenters. The maximum Gasteiger partial charge on any atom is 0.335 e. The highest BCUT2D eigenvalue weighted by atomic mass is 16.5. The van der Waals surface area contributed by atoms with Gasteiger partial charge in [0.1, 0.15) is 17.3 Å². The lowest BCUT2D eigenvalue weighted by Crippen LogP contribution is -2.02. The number of carboxylic acids is 1. The molecule has 2 aromatic heterocycles. The highest BCUT2D eigenvalue weighted by molar-refractivity contribution is 6.06. The Bertz CT molecular complexity index is 1140. The topological polar surface area (TPSA) is 84.6 Å². The fraction of sp³-hybridized carbons (Fsp3) is 0.0909. The second kappa shape index (κ2) is 7.44. The van der Waals surface area contributed by atoms with Crippen molar-refractivity contribution in [3.05, 3.63) is 78.4 Å². The van der Waals surface area contributed by atoms with Crippen LogP contribution in [0, 0.1) is 0 Å². The van der Waals surface area contributed by atoms with Crippen molar-refractivity contribution >= 4 is 22.6 Å². The number of carbonyl (C=O) groups is 1. The van der Waals surface area contributed by atoms with Gasteiger partial charge < -0.3 is 19.6 Å². The summed E-state index contributed by atoms with van der Waals surface area (Å²) in [4.78, 5) is 15.9. The van der Waals surface area contributed by atoms with E-state index in [0.717, 1.165) is 27.7 Å². The van der Waals surface area contributed by atoms with Gasteiger partial charge in [-0.05, 0) is 35.9 Å². The molecule has 140 valence electrons. The lowest BCUT2D eigenvalue weighted by Gasteiger charge is -2.15. The zero-order valence-electron chi connectivity index (χ0n) is 15.2. The number of fused-ring (bicyclic) bond motifs is 1. The molecule has 0 aliphatic rings. The van der Waals surface area contributed by atoms with E-state index in [-0.39, 0.29) is 5.56 Å². The number of nitrogens with one attached hydrogen (secondary N) is 1. The molecule has 2 heterocycles. The highest BCUT2D eigenvalue weighted by Crippen LogP contribution is 2.38. The summed E-state index contributed by atoms with van der Waals surface area (Å²) >= 11 is 0. The van der Waals surface area contributed by atoms with Gasteiger partial charge in [-0.3, -0.25) is 0 Å². The van der Waals surface area contributed by atoms with Crippen LogP contribution in [0.5, 0.6) is 5.75 Å². The van der Waals surface area contributed by atoms with Crippen molar-refractivity contribution in [1.82, 2.24) is 4.98 Å². The van der Waals surface area contributed by atoms with Crippen LogP contribution in [0.1, 0.15) is 16.1 Å². The molecule has 2 N–H and O–H groups in total. The number of hydrogen-bond donors (Lipinski definition) is 2. The normalized spacial score (nSPS) is 10.8. The van der Waals surface area contributed by atoms with Crippen LogP contribution in [0.15, 0.2) is 71.5 Å². The fourth-order valence-corrected chi connectivity index (χ4v) is 3.20. The average Bonchev–Trinajstić information content (AvgIpc) is 3.25. The standard InChI is InChI=1S/C22H18N2O4/c1-27-19-9-3-8-17-20(19)18(14-5-2-6-15(11-14)22(25)26)13-24-21(17)23-12-16-7-4-10-28-16/h2-11,13H,12H2,1H3,(H,23,24)(H,25,26). The minimum atomic E-state index is -0.970. The Morgan fingerprint density at radius 3 is 2.79 bits per heavy atom. The Morgan fingerprint density at radius 2 is 2.04 bits per heavy atom. The van der Waals surface area contributed by atoms with Gasteiger partial charge in [-0.2, -0.15) is 0 Å². The first-order valence-corrected chi connectivity index (χ1v) is 8.73. The monoisotopic (exact) mass is 374 g/mol. The smallest absolute Gasteiger partial charge is 0.335 e. The Morgan fingerprint density at radius 1 is 1.18 bits per heavy atom. The molecule has 2 aromatic carbocycles. The van der Waals surface area contributed by atoms with Crippen LogP contribution in [-0.4, -0.2) is 23.2 Å². The Balaban J connectivity index is 1.85. The van der Waals surface area contributed by atoms with Gasteiger partial charge in [0.15, 0.2) is 0 Å². The second-order valence-corrected chi connectivity index (χ2v) is 6.22. The van der Waals surface area contributed by atoms with Gasteiger partial charge in [0.05, 0.1) is 25.5 Å². The Labute approximate surface area is 161 Å². The molecular formula is C22H18N2O4. The van der Waals surface area contributed by atoms with Crippen LogP contribution in [-0.2, 0) is 6.54 Å². The summed E-state index contributed by atoms with van der Waals surface area (Å²) in [7, 11) is 1.61. The van der Waals surface area contributed by atoms with E-state index < -0.39 is 5.97 Å². The molecule has 6 heteroatoms. The largest absolute Gasteiger partial charge is 0.496 e. The minimum absolute atomic E-state index is 0.223. The SMILES string of the molecule is COc1cccc2c(NCc3ccco3)ncc(-c3cccc(C(=O)O)c3)c12. The molecule has 0 aliphatic heterocycles. The molecule has 0 saturated heterocycles. The molecule has 4 rings (SSSR count). The zero-order chi connectivity index (χ0) is 19.5. The first-order valence-electron chi connectivity index (χ1n) is 8.73. The second-order valence-electron chi connectivity index (χ2n) is 6.22. The van der Waals surface area contributed by atoms with E-state index in [1.54, 1.807) is 37.8 Å². The predicted octanol–water partition coefficient (Wildman–Crippen LogP) is 4.81. The van der Waals surface area contributed by atoms with E-state index in [1.165, 1.54) is 0 Å². The van der Waals surface area contributed by atoms with Gasteiger partial charge in [0.25, 0.3) is 0 Å². The number of pyridine rings is 1. The number of ether oxygens (including phenoxy) is 1. The number of anilines is 1. The van der Waals surface area contributed by atoms with E-state index >= 15 is 0 Å². The van der Waals surface area contributed by atoms with Crippen molar-refractivity contribution in [2.75, 3.05) is 12.4 Å². The number of rotatable bonds is 6. The van der Waals surface area contributed by atoms with Gasteiger partial charge in [-0.15, -0.1) is 0 Å². The molecule has 28 heavy (non-hydrogen) atoms. The van der Waals surface area contributed by atoms with E-state index in [2.05, 4.69) is 10.3 Å². The van der Waals surface area contributed by atoms with Crippen LogP contribution < -0.4 is 10.1 Å². The average molecular weight is 374 g/mol. The van der Waals surface area contributed by atoms with Gasteiger partial charge in [0, 0.05) is 22.5 Å². The lowest BCUT2D eigenvalue weighted by molar-refractivity contribution is 0.0697. The van der Waals surface area contributed by atoms with Crippen LogP contribution in [0.4, 0.5) is 5.82 Å². The van der Waals surface area contributed by atoms with Crippen LogP contribution in [0.3, 0.4) is 0 Å². The van der Waals surface area contributed by atoms with Crippen molar-refractivity contribution in [2.45, 2.75) is 6.54 Å². The van der Waals surface area contributed by atoms with Crippen molar-refractivity contribution in [3.8, 4) is 16.9 Å². The maximum atomic E-state index is 11.4. The molecule has 4 aromatic rings. The molecule has 0 radical (unpaired) electrons. The van der Waals surface area contributed by atoms with Crippen molar-refractivity contribution in [1.29, 1.82) is 0 Å². The zero-order valence-corrected chi connectivity index (χ0v) is 15.2. The molecule has 0 aliphatic carbocycles. The van der Waals surface area contributed by atoms with Crippen LogP contribution in [0.25, 0.3) is 21.9 Å². The molecule has 0 unspecified atom stereocenters.